The number of hydrogen-bond donors (Lipinski definition) is 1. The zero-order valence-corrected chi connectivity index (χ0v) is 9.56. The summed E-state index contributed by atoms with van der Waals surface area (Å²) in [4.78, 5) is 2.36. The Kier molecular flexibility index (Phi) is 6.92. The van der Waals surface area contributed by atoms with Crippen molar-refractivity contribution in [1.82, 2.24) is 10.2 Å². The molecule has 0 amide bonds. The van der Waals surface area contributed by atoms with Gasteiger partial charge in [0.15, 0.2) is 0 Å². The van der Waals surface area contributed by atoms with Gasteiger partial charge < -0.3 is 5.32 Å². The summed E-state index contributed by atoms with van der Waals surface area (Å²) in [7, 11) is 4.17. The Labute approximate surface area is 83.0 Å². The lowest BCUT2D eigenvalue weighted by Gasteiger charge is -2.24. The van der Waals surface area contributed by atoms with E-state index in [2.05, 4.69) is 37.7 Å². The number of hydrogen-bond acceptors (Lipinski definition) is 2. The van der Waals surface area contributed by atoms with Crippen LogP contribution in [0.2, 0.25) is 0 Å². The molecule has 0 fully saturated rings. The van der Waals surface area contributed by atoms with Crippen LogP contribution in [-0.2, 0) is 0 Å². The van der Waals surface area contributed by atoms with Crippen LogP contribution in [0.3, 0.4) is 0 Å². The topological polar surface area (TPSA) is 15.3 Å². The third-order valence-corrected chi connectivity index (χ3v) is 2.32. The molecule has 0 radical (unpaired) electrons. The summed E-state index contributed by atoms with van der Waals surface area (Å²) in [6, 6.07) is 0.657. The van der Waals surface area contributed by atoms with Gasteiger partial charge in [-0.05, 0) is 47.3 Å². The molecule has 13 heavy (non-hydrogen) atoms. The summed E-state index contributed by atoms with van der Waals surface area (Å²) < 4.78 is 0. The Morgan fingerprint density at radius 2 is 2.15 bits per heavy atom. The van der Waals surface area contributed by atoms with Gasteiger partial charge in [-0.15, -0.1) is 0 Å². The summed E-state index contributed by atoms with van der Waals surface area (Å²) in [5, 5.41) is 3.17. The normalized spacial score (nSPS) is 13.3. The highest BCUT2D eigenvalue weighted by molar-refractivity contribution is 4.91. The number of nitrogens with one attached hydrogen (secondary N) is 1. The molecule has 78 valence electrons. The van der Waals surface area contributed by atoms with E-state index in [9.17, 15) is 0 Å². The quantitative estimate of drug-likeness (QED) is 0.480. The minimum Gasteiger partial charge on any atom is -0.320 e. The first-order valence-electron chi connectivity index (χ1n) is 5.07. The first kappa shape index (κ1) is 12.7. The van der Waals surface area contributed by atoms with E-state index in [1.807, 2.05) is 7.05 Å². The van der Waals surface area contributed by atoms with Crippen molar-refractivity contribution in [2.45, 2.75) is 32.7 Å². The molecule has 0 aromatic rings. The maximum absolute atomic E-state index is 3.92. The van der Waals surface area contributed by atoms with Crippen molar-refractivity contribution in [2.24, 2.45) is 0 Å². The molecule has 0 bridgehead atoms. The van der Waals surface area contributed by atoms with E-state index < -0.39 is 0 Å². The minimum atomic E-state index is 0.657. The van der Waals surface area contributed by atoms with Crippen molar-refractivity contribution in [1.29, 1.82) is 0 Å². The van der Waals surface area contributed by atoms with Gasteiger partial charge in [0.25, 0.3) is 0 Å². The van der Waals surface area contributed by atoms with Gasteiger partial charge in [0.1, 0.15) is 0 Å². The Bertz CT molecular complexity index is 143. The maximum Gasteiger partial charge on any atom is 0.0187 e. The second-order valence-electron chi connectivity index (χ2n) is 3.97. The lowest BCUT2D eigenvalue weighted by Crippen LogP contribution is -2.30. The van der Waals surface area contributed by atoms with Gasteiger partial charge in [-0.2, -0.15) is 0 Å². The molecule has 2 heteroatoms. The molecular formula is C11H24N2. The van der Waals surface area contributed by atoms with E-state index in [0.29, 0.717) is 6.04 Å². The molecule has 0 rings (SSSR count). The van der Waals surface area contributed by atoms with E-state index in [-0.39, 0.29) is 0 Å². The van der Waals surface area contributed by atoms with E-state index in [1.54, 1.807) is 0 Å². The molecule has 0 heterocycles. The van der Waals surface area contributed by atoms with Crippen LogP contribution in [0, 0.1) is 0 Å². The van der Waals surface area contributed by atoms with Gasteiger partial charge in [-0.25, -0.2) is 0 Å². The average molecular weight is 184 g/mol. The first-order chi connectivity index (χ1) is 6.07. The molecule has 0 aliphatic heterocycles. The van der Waals surface area contributed by atoms with E-state index >= 15 is 0 Å². The number of rotatable bonds is 7. The van der Waals surface area contributed by atoms with E-state index in [4.69, 9.17) is 0 Å². The van der Waals surface area contributed by atoms with Crippen molar-refractivity contribution < 1.29 is 0 Å². The van der Waals surface area contributed by atoms with Gasteiger partial charge in [0.05, 0.1) is 0 Å². The largest absolute Gasteiger partial charge is 0.320 e. The van der Waals surface area contributed by atoms with Crippen LogP contribution in [0.1, 0.15) is 26.7 Å². The van der Waals surface area contributed by atoms with Crippen LogP contribution in [-0.4, -0.2) is 38.1 Å². The number of nitrogens with zero attached hydrogens (tertiary/aromatic N) is 1. The number of likely N-dealkylation sites (N-methyl/N-ethyl adjacent to an activating group) is 1. The molecule has 0 aliphatic rings. The fourth-order valence-electron chi connectivity index (χ4n) is 1.38. The highest BCUT2D eigenvalue weighted by Gasteiger charge is 2.07. The van der Waals surface area contributed by atoms with Crippen LogP contribution in [0.5, 0.6) is 0 Å². The first-order valence-corrected chi connectivity index (χ1v) is 5.07. The molecular weight excluding hydrogens is 160 g/mol. The third-order valence-electron chi connectivity index (χ3n) is 2.32. The molecule has 0 aromatic heterocycles. The summed E-state index contributed by atoms with van der Waals surface area (Å²) in [5.74, 6) is 0. The molecule has 0 saturated carbocycles. The third kappa shape index (κ3) is 6.79. The SMILES string of the molecule is C=C(C)CN(C)C(C)CCCNC. The van der Waals surface area contributed by atoms with E-state index in [1.165, 1.54) is 18.4 Å². The van der Waals surface area contributed by atoms with Gasteiger partial charge in [0, 0.05) is 12.6 Å². The second-order valence-corrected chi connectivity index (χ2v) is 3.97. The van der Waals surface area contributed by atoms with Crippen molar-refractivity contribution in [3.63, 3.8) is 0 Å². The molecule has 0 aromatic carbocycles. The van der Waals surface area contributed by atoms with Gasteiger partial charge in [0.2, 0.25) is 0 Å². The molecule has 0 aliphatic carbocycles. The fourth-order valence-corrected chi connectivity index (χ4v) is 1.38. The van der Waals surface area contributed by atoms with Crippen molar-refractivity contribution >= 4 is 0 Å². The Morgan fingerprint density at radius 3 is 2.62 bits per heavy atom. The molecule has 0 spiro atoms. The van der Waals surface area contributed by atoms with Crippen LogP contribution >= 0.6 is 0 Å². The molecule has 2 nitrogen and oxygen atoms in total. The minimum absolute atomic E-state index is 0.657. The standard InChI is InChI=1S/C11H24N2/c1-10(2)9-13(5)11(3)7-6-8-12-4/h11-12H,1,6-9H2,2-5H3. The van der Waals surface area contributed by atoms with Crippen LogP contribution in [0.4, 0.5) is 0 Å². The maximum atomic E-state index is 3.92. The predicted molar refractivity (Wildman–Crippen MR) is 60.1 cm³/mol. The average Bonchev–Trinajstić information content (AvgIpc) is 2.03. The fraction of sp³-hybridized carbons (Fsp3) is 0.818. The second kappa shape index (κ2) is 7.10. The van der Waals surface area contributed by atoms with E-state index in [0.717, 1.165) is 13.1 Å². The molecule has 1 atom stereocenters. The van der Waals surface area contributed by atoms with Gasteiger partial charge >= 0.3 is 0 Å². The Hall–Kier alpha value is -0.340. The lowest BCUT2D eigenvalue weighted by atomic mass is 10.1. The van der Waals surface area contributed by atoms with Crippen LogP contribution in [0.15, 0.2) is 12.2 Å². The summed E-state index contributed by atoms with van der Waals surface area (Å²) >= 11 is 0. The Morgan fingerprint density at radius 1 is 1.54 bits per heavy atom. The molecule has 0 saturated heterocycles. The monoisotopic (exact) mass is 184 g/mol. The van der Waals surface area contributed by atoms with Crippen LogP contribution < -0.4 is 5.32 Å². The predicted octanol–water partition coefficient (Wildman–Crippen LogP) is 1.88. The summed E-state index contributed by atoms with van der Waals surface area (Å²) in [6.45, 7) is 10.4. The lowest BCUT2D eigenvalue weighted by molar-refractivity contribution is 0.262. The highest BCUT2D eigenvalue weighted by Crippen LogP contribution is 2.05. The van der Waals surface area contributed by atoms with Crippen molar-refractivity contribution in [3.8, 4) is 0 Å². The zero-order valence-electron chi connectivity index (χ0n) is 9.56. The molecule has 1 N–H and O–H groups in total. The zero-order chi connectivity index (χ0) is 10.3. The van der Waals surface area contributed by atoms with Crippen molar-refractivity contribution in [3.05, 3.63) is 12.2 Å². The highest BCUT2D eigenvalue weighted by atomic mass is 15.1. The molecule has 1 unspecified atom stereocenters. The summed E-state index contributed by atoms with van der Waals surface area (Å²) in [5.41, 5.74) is 1.24. The van der Waals surface area contributed by atoms with Crippen LogP contribution in [0.25, 0.3) is 0 Å². The van der Waals surface area contributed by atoms with Gasteiger partial charge in [-0.1, -0.05) is 12.2 Å². The smallest absolute Gasteiger partial charge is 0.0187 e. The van der Waals surface area contributed by atoms with Gasteiger partial charge in [-0.3, -0.25) is 4.90 Å². The summed E-state index contributed by atoms with van der Waals surface area (Å²) in [6.07, 6.45) is 2.50. The Balaban J connectivity index is 3.56. The van der Waals surface area contributed by atoms with Crippen molar-refractivity contribution in [2.75, 3.05) is 27.2 Å².